The number of rotatable bonds is 3. The lowest BCUT2D eigenvalue weighted by molar-refractivity contribution is 0.589. The van der Waals surface area contributed by atoms with Gasteiger partial charge in [0.1, 0.15) is 0 Å². The maximum atomic E-state index is 12.0. The van der Waals surface area contributed by atoms with Crippen LogP contribution in [-0.4, -0.2) is 34.7 Å². The van der Waals surface area contributed by atoms with Gasteiger partial charge in [-0.2, -0.15) is 0 Å². The molecule has 0 radical (unpaired) electrons. The number of sulfone groups is 1. The lowest BCUT2D eigenvalue weighted by atomic mass is 10.1. The topological polar surface area (TPSA) is 97.5 Å². The fourth-order valence-corrected chi connectivity index (χ4v) is 5.53. The van der Waals surface area contributed by atoms with Crippen LogP contribution in [0.25, 0.3) is 0 Å². The minimum Gasteiger partial charge on any atom is -0.399 e. The second-order valence-corrected chi connectivity index (χ2v) is 8.76. The normalized spacial score (nSPS) is 15.7. The molecule has 1 aliphatic rings. The van der Waals surface area contributed by atoms with Crippen molar-refractivity contribution in [1.82, 2.24) is 0 Å². The average Bonchev–Trinajstić information content (AvgIpc) is 2.56. The van der Waals surface area contributed by atoms with Gasteiger partial charge >= 0.3 is 0 Å². The van der Waals surface area contributed by atoms with E-state index < -0.39 is 24.9 Å². The maximum Gasteiger partial charge on any atom is 0.249 e. The van der Waals surface area contributed by atoms with E-state index in [1.807, 2.05) is 0 Å². The molecule has 0 saturated heterocycles. The Hall–Kier alpha value is -1.28. The molecule has 2 rings (SSSR count). The standard InChI is InChI=1S/C10H14N2O4S2/c1-17(13,14)7-18(15,16)12-5-4-8-6-9(11)2-3-10(8)12/h2-3,6H,4-5,7,11H2,1H3. The molecule has 0 atom stereocenters. The Bertz CT molecular complexity index is 680. The van der Waals surface area contributed by atoms with E-state index in [0.29, 0.717) is 17.8 Å². The SMILES string of the molecule is CS(=O)(=O)CS(=O)(=O)N1CCc2cc(N)ccc21. The Morgan fingerprint density at radius 3 is 2.56 bits per heavy atom. The van der Waals surface area contributed by atoms with Crippen molar-refractivity contribution in [3.05, 3.63) is 23.8 Å². The van der Waals surface area contributed by atoms with E-state index in [4.69, 9.17) is 5.73 Å². The van der Waals surface area contributed by atoms with Crippen LogP contribution in [0.2, 0.25) is 0 Å². The summed E-state index contributed by atoms with van der Waals surface area (Å²) in [7, 11) is -7.42. The zero-order valence-corrected chi connectivity index (χ0v) is 11.5. The fraction of sp³-hybridized carbons (Fsp3) is 0.400. The summed E-state index contributed by atoms with van der Waals surface area (Å²) in [6.07, 6.45) is 1.45. The summed E-state index contributed by atoms with van der Waals surface area (Å²) in [6.45, 7) is 0.261. The number of sulfonamides is 1. The average molecular weight is 290 g/mol. The number of anilines is 2. The van der Waals surface area contributed by atoms with Gasteiger partial charge in [0.15, 0.2) is 14.9 Å². The van der Waals surface area contributed by atoms with Crippen molar-refractivity contribution in [2.24, 2.45) is 0 Å². The highest BCUT2D eigenvalue weighted by atomic mass is 32.3. The molecule has 100 valence electrons. The van der Waals surface area contributed by atoms with E-state index in [0.717, 1.165) is 16.1 Å². The maximum absolute atomic E-state index is 12.0. The Balaban J connectivity index is 2.40. The molecule has 0 saturated carbocycles. The van der Waals surface area contributed by atoms with Crippen LogP contribution in [0.3, 0.4) is 0 Å². The van der Waals surface area contributed by atoms with Crippen LogP contribution >= 0.6 is 0 Å². The second kappa shape index (κ2) is 4.13. The molecular formula is C10H14N2O4S2. The quantitative estimate of drug-likeness (QED) is 0.788. The number of hydrogen-bond acceptors (Lipinski definition) is 5. The fourth-order valence-electron chi connectivity index (χ4n) is 2.01. The van der Waals surface area contributed by atoms with Gasteiger partial charge in [-0.05, 0) is 30.2 Å². The van der Waals surface area contributed by atoms with Crippen molar-refractivity contribution in [3.63, 3.8) is 0 Å². The van der Waals surface area contributed by atoms with Gasteiger partial charge in [-0.25, -0.2) is 16.8 Å². The van der Waals surface area contributed by atoms with Gasteiger partial charge in [0.2, 0.25) is 10.0 Å². The molecule has 2 N–H and O–H groups in total. The summed E-state index contributed by atoms with van der Waals surface area (Å²) >= 11 is 0. The minimum absolute atomic E-state index is 0.261. The highest BCUT2D eigenvalue weighted by molar-refractivity contribution is 8.08. The number of nitrogens with two attached hydrogens (primary N) is 1. The zero-order valence-electron chi connectivity index (χ0n) is 9.83. The molecule has 0 amide bonds. The number of nitrogens with zero attached hydrogens (tertiary/aromatic N) is 1. The molecule has 0 bridgehead atoms. The molecule has 0 aliphatic carbocycles. The molecule has 1 aliphatic heterocycles. The molecule has 0 unspecified atom stereocenters. The van der Waals surface area contributed by atoms with Gasteiger partial charge in [-0.1, -0.05) is 0 Å². The van der Waals surface area contributed by atoms with E-state index in [1.54, 1.807) is 18.2 Å². The molecule has 6 nitrogen and oxygen atoms in total. The van der Waals surface area contributed by atoms with Gasteiger partial charge in [-0.15, -0.1) is 0 Å². The molecule has 1 aromatic carbocycles. The smallest absolute Gasteiger partial charge is 0.249 e. The molecule has 1 aromatic rings. The van der Waals surface area contributed by atoms with Crippen molar-refractivity contribution in [2.75, 3.05) is 27.9 Å². The summed E-state index contributed by atoms with van der Waals surface area (Å²) in [4.78, 5) is 0. The van der Waals surface area contributed by atoms with Crippen molar-refractivity contribution in [2.45, 2.75) is 6.42 Å². The van der Waals surface area contributed by atoms with E-state index >= 15 is 0 Å². The predicted octanol–water partition coefficient (Wildman–Crippen LogP) is -0.0368. The summed E-state index contributed by atoms with van der Waals surface area (Å²) in [5.74, 6) is 0. The van der Waals surface area contributed by atoms with Crippen LogP contribution in [0.4, 0.5) is 11.4 Å². The number of benzene rings is 1. The molecule has 0 aromatic heterocycles. The van der Waals surface area contributed by atoms with Crippen molar-refractivity contribution < 1.29 is 16.8 Å². The van der Waals surface area contributed by atoms with Crippen LogP contribution in [0.15, 0.2) is 18.2 Å². The third kappa shape index (κ3) is 2.59. The lowest BCUT2D eigenvalue weighted by Gasteiger charge is -2.18. The van der Waals surface area contributed by atoms with Crippen molar-refractivity contribution in [3.8, 4) is 0 Å². The first-order valence-electron chi connectivity index (χ1n) is 5.25. The lowest BCUT2D eigenvalue weighted by Crippen LogP contribution is -2.33. The highest BCUT2D eigenvalue weighted by Crippen LogP contribution is 2.32. The van der Waals surface area contributed by atoms with Crippen LogP contribution in [0.5, 0.6) is 0 Å². The largest absolute Gasteiger partial charge is 0.399 e. The first-order valence-corrected chi connectivity index (χ1v) is 8.92. The Labute approximate surface area is 106 Å². The van der Waals surface area contributed by atoms with E-state index in [9.17, 15) is 16.8 Å². The Morgan fingerprint density at radius 1 is 1.28 bits per heavy atom. The summed E-state index contributed by atoms with van der Waals surface area (Å²) in [5, 5.41) is -0.871. The van der Waals surface area contributed by atoms with E-state index in [2.05, 4.69) is 0 Å². The van der Waals surface area contributed by atoms with Crippen molar-refractivity contribution >= 4 is 31.2 Å². The van der Waals surface area contributed by atoms with Crippen LogP contribution < -0.4 is 10.0 Å². The number of hydrogen-bond donors (Lipinski definition) is 1. The molecular weight excluding hydrogens is 276 g/mol. The van der Waals surface area contributed by atoms with Gasteiger partial charge in [0.25, 0.3) is 0 Å². The summed E-state index contributed by atoms with van der Waals surface area (Å²) in [6, 6.07) is 4.93. The molecule has 0 fully saturated rings. The molecule has 1 heterocycles. The van der Waals surface area contributed by atoms with Gasteiger partial charge in [-0.3, -0.25) is 4.31 Å². The highest BCUT2D eigenvalue weighted by Gasteiger charge is 2.31. The predicted molar refractivity (Wildman–Crippen MR) is 70.5 cm³/mol. The van der Waals surface area contributed by atoms with Crippen LogP contribution in [0, 0.1) is 0 Å². The monoisotopic (exact) mass is 290 g/mol. The van der Waals surface area contributed by atoms with Gasteiger partial charge in [0, 0.05) is 18.5 Å². The Morgan fingerprint density at radius 2 is 1.94 bits per heavy atom. The summed E-state index contributed by atoms with van der Waals surface area (Å²) < 4.78 is 47.5. The first-order chi connectivity index (χ1) is 8.19. The minimum atomic E-state index is -3.84. The zero-order chi connectivity index (χ0) is 13.6. The second-order valence-electron chi connectivity index (χ2n) is 4.37. The number of nitrogen functional groups attached to an aromatic ring is 1. The molecule has 0 spiro atoms. The Kier molecular flexibility index (Phi) is 3.02. The third-order valence-electron chi connectivity index (χ3n) is 2.66. The van der Waals surface area contributed by atoms with E-state index in [1.165, 1.54) is 0 Å². The van der Waals surface area contributed by atoms with Crippen LogP contribution in [0.1, 0.15) is 5.56 Å². The first kappa shape index (κ1) is 13.2. The van der Waals surface area contributed by atoms with Gasteiger partial charge in [0.05, 0.1) is 5.69 Å². The third-order valence-corrected chi connectivity index (χ3v) is 6.61. The van der Waals surface area contributed by atoms with Crippen molar-refractivity contribution in [1.29, 1.82) is 0 Å². The molecule has 18 heavy (non-hydrogen) atoms. The van der Waals surface area contributed by atoms with E-state index in [-0.39, 0.29) is 6.54 Å². The van der Waals surface area contributed by atoms with Gasteiger partial charge < -0.3 is 5.73 Å². The number of fused-ring (bicyclic) bond motifs is 1. The van der Waals surface area contributed by atoms with Crippen LogP contribution in [-0.2, 0) is 26.3 Å². The molecule has 8 heteroatoms. The summed E-state index contributed by atoms with van der Waals surface area (Å²) in [5.41, 5.74) is 7.54.